The lowest BCUT2D eigenvalue weighted by Gasteiger charge is -2.29. The third kappa shape index (κ3) is 3.76. The van der Waals surface area contributed by atoms with Crippen molar-refractivity contribution in [2.45, 2.75) is 31.7 Å². The molecule has 0 unspecified atom stereocenters. The molecule has 1 atom stereocenters. The van der Waals surface area contributed by atoms with Crippen molar-refractivity contribution in [3.63, 3.8) is 0 Å². The highest BCUT2D eigenvalue weighted by Crippen LogP contribution is 2.26. The summed E-state index contributed by atoms with van der Waals surface area (Å²) in [5, 5.41) is 9.00. The summed E-state index contributed by atoms with van der Waals surface area (Å²) in [4.78, 5) is 19.4. The zero-order valence-electron chi connectivity index (χ0n) is 17.1. The van der Waals surface area contributed by atoms with Crippen molar-refractivity contribution in [1.82, 2.24) is 24.6 Å². The molecule has 1 saturated heterocycles. The monoisotopic (exact) mass is 382 g/mol. The highest BCUT2D eigenvalue weighted by atomic mass is 16.2. The number of amides is 1. The number of piperidine rings is 1. The van der Waals surface area contributed by atoms with Gasteiger partial charge < -0.3 is 19.3 Å². The molecule has 2 aromatic rings. The van der Waals surface area contributed by atoms with E-state index in [0.717, 1.165) is 49.0 Å². The van der Waals surface area contributed by atoms with Gasteiger partial charge in [0.1, 0.15) is 11.6 Å². The first-order chi connectivity index (χ1) is 13.5. The number of anilines is 1. The SMILES string of the molecule is CN1CCC[C@H](c2nnc3n2CCN(C(=O)c2cccc(N(C)C)c2)CC3)C1. The maximum Gasteiger partial charge on any atom is 0.254 e. The predicted octanol–water partition coefficient (Wildman–Crippen LogP) is 1.85. The number of hydrogen-bond donors (Lipinski definition) is 0. The van der Waals surface area contributed by atoms with E-state index in [9.17, 15) is 4.79 Å². The van der Waals surface area contributed by atoms with Crippen molar-refractivity contribution < 1.29 is 4.79 Å². The van der Waals surface area contributed by atoms with Crippen LogP contribution < -0.4 is 4.90 Å². The van der Waals surface area contributed by atoms with Crippen LogP contribution in [0, 0.1) is 0 Å². The number of carbonyl (C=O) groups is 1. The molecule has 3 heterocycles. The minimum Gasteiger partial charge on any atom is -0.378 e. The van der Waals surface area contributed by atoms with Crippen molar-refractivity contribution in [1.29, 1.82) is 0 Å². The van der Waals surface area contributed by atoms with E-state index in [0.29, 0.717) is 19.0 Å². The summed E-state index contributed by atoms with van der Waals surface area (Å²) in [5.41, 5.74) is 1.79. The standard InChI is InChI=1S/C21H30N6O/c1-24(2)18-8-4-6-16(14-18)21(28)26-11-9-19-22-23-20(27(19)13-12-26)17-7-5-10-25(3)15-17/h4,6,8,14,17H,5,7,9-13,15H2,1-3H3/t17-/m0/s1. The van der Waals surface area contributed by atoms with E-state index >= 15 is 0 Å². The number of likely N-dealkylation sites (N-methyl/N-ethyl adjacent to an activating group) is 1. The van der Waals surface area contributed by atoms with Gasteiger partial charge in [-0.3, -0.25) is 4.79 Å². The zero-order chi connectivity index (χ0) is 19.7. The van der Waals surface area contributed by atoms with E-state index in [4.69, 9.17) is 0 Å². The fraction of sp³-hybridized carbons (Fsp3) is 0.571. The van der Waals surface area contributed by atoms with Crippen LogP contribution in [0.4, 0.5) is 5.69 Å². The van der Waals surface area contributed by atoms with Gasteiger partial charge in [-0.25, -0.2) is 0 Å². The predicted molar refractivity (Wildman–Crippen MR) is 110 cm³/mol. The fourth-order valence-corrected chi connectivity index (χ4v) is 4.33. The van der Waals surface area contributed by atoms with Gasteiger partial charge in [0.2, 0.25) is 0 Å². The number of benzene rings is 1. The summed E-state index contributed by atoms with van der Waals surface area (Å²) in [6.07, 6.45) is 3.13. The van der Waals surface area contributed by atoms with E-state index in [1.54, 1.807) is 0 Å². The molecule has 0 bridgehead atoms. The van der Waals surface area contributed by atoms with E-state index in [-0.39, 0.29) is 5.91 Å². The van der Waals surface area contributed by atoms with Crippen LogP contribution in [0.2, 0.25) is 0 Å². The Morgan fingerprint density at radius 3 is 2.79 bits per heavy atom. The molecule has 7 heteroatoms. The topological polar surface area (TPSA) is 57.5 Å². The number of nitrogens with zero attached hydrogens (tertiary/aromatic N) is 6. The van der Waals surface area contributed by atoms with E-state index in [2.05, 4.69) is 26.7 Å². The first kappa shape index (κ1) is 18.9. The second kappa shape index (κ2) is 7.91. The van der Waals surface area contributed by atoms with Crippen molar-refractivity contribution in [3.8, 4) is 0 Å². The van der Waals surface area contributed by atoms with E-state index < -0.39 is 0 Å². The van der Waals surface area contributed by atoms with Crippen LogP contribution in [-0.2, 0) is 13.0 Å². The van der Waals surface area contributed by atoms with Gasteiger partial charge in [-0.05, 0) is 44.6 Å². The molecule has 0 saturated carbocycles. The third-order valence-electron chi connectivity index (χ3n) is 5.94. The Balaban J connectivity index is 1.49. The smallest absolute Gasteiger partial charge is 0.254 e. The molecule has 28 heavy (non-hydrogen) atoms. The molecule has 7 nitrogen and oxygen atoms in total. The van der Waals surface area contributed by atoms with Crippen LogP contribution >= 0.6 is 0 Å². The van der Waals surface area contributed by atoms with Crippen LogP contribution in [0.25, 0.3) is 0 Å². The lowest BCUT2D eigenvalue weighted by molar-refractivity contribution is 0.0758. The molecule has 1 amide bonds. The quantitative estimate of drug-likeness (QED) is 0.811. The lowest BCUT2D eigenvalue weighted by Crippen LogP contribution is -2.34. The average Bonchev–Trinajstić information content (AvgIpc) is 2.99. The number of aromatic nitrogens is 3. The Morgan fingerprint density at radius 1 is 1.14 bits per heavy atom. The van der Waals surface area contributed by atoms with Gasteiger partial charge in [0.15, 0.2) is 0 Å². The highest BCUT2D eigenvalue weighted by Gasteiger charge is 2.28. The summed E-state index contributed by atoms with van der Waals surface area (Å²) in [6.45, 7) is 4.36. The second-order valence-corrected chi connectivity index (χ2v) is 8.21. The maximum absolute atomic E-state index is 13.1. The Labute approximate surface area is 166 Å². The van der Waals surface area contributed by atoms with Crippen LogP contribution in [0.3, 0.4) is 0 Å². The Bertz CT molecular complexity index is 845. The van der Waals surface area contributed by atoms with Gasteiger partial charge in [-0.2, -0.15) is 0 Å². The summed E-state index contributed by atoms with van der Waals surface area (Å²) in [5.74, 6) is 2.66. The molecule has 1 aromatic carbocycles. The molecular formula is C21H30N6O. The van der Waals surface area contributed by atoms with Gasteiger partial charge in [0.25, 0.3) is 5.91 Å². The fourth-order valence-electron chi connectivity index (χ4n) is 4.33. The Morgan fingerprint density at radius 2 is 2.00 bits per heavy atom. The molecule has 1 aromatic heterocycles. The van der Waals surface area contributed by atoms with Crippen LogP contribution in [0.5, 0.6) is 0 Å². The van der Waals surface area contributed by atoms with Gasteiger partial charge >= 0.3 is 0 Å². The van der Waals surface area contributed by atoms with Crippen LogP contribution in [0.15, 0.2) is 24.3 Å². The number of carbonyl (C=O) groups excluding carboxylic acids is 1. The molecule has 2 aliphatic heterocycles. The minimum atomic E-state index is 0.0985. The number of fused-ring (bicyclic) bond motifs is 1. The largest absolute Gasteiger partial charge is 0.378 e. The van der Waals surface area contributed by atoms with Crippen LogP contribution in [0.1, 0.15) is 40.8 Å². The van der Waals surface area contributed by atoms with E-state index in [1.165, 1.54) is 12.8 Å². The maximum atomic E-state index is 13.1. The lowest BCUT2D eigenvalue weighted by atomic mass is 9.97. The van der Waals surface area contributed by atoms with Gasteiger partial charge in [0, 0.05) is 63.9 Å². The highest BCUT2D eigenvalue weighted by molar-refractivity contribution is 5.95. The summed E-state index contributed by atoms with van der Waals surface area (Å²) < 4.78 is 2.27. The molecule has 0 N–H and O–H groups in total. The van der Waals surface area contributed by atoms with Crippen LogP contribution in [-0.4, -0.2) is 77.8 Å². The molecule has 4 rings (SSSR count). The first-order valence-corrected chi connectivity index (χ1v) is 10.2. The van der Waals surface area contributed by atoms with E-state index in [1.807, 2.05) is 48.2 Å². The van der Waals surface area contributed by atoms with Crippen molar-refractivity contribution in [2.24, 2.45) is 0 Å². The molecular weight excluding hydrogens is 352 g/mol. The van der Waals surface area contributed by atoms with Crippen molar-refractivity contribution in [2.75, 3.05) is 52.2 Å². The second-order valence-electron chi connectivity index (χ2n) is 8.21. The number of likely N-dealkylation sites (tertiary alicyclic amines) is 1. The van der Waals surface area contributed by atoms with Crippen molar-refractivity contribution >= 4 is 11.6 Å². The average molecular weight is 383 g/mol. The number of hydrogen-bond acceptors (Lipinski definition) is 5. The first-order valence-electron chi connectivity index (χ1n) is 10.2. The minimum absolute atomic E-state index is 0.0985. The van der Waals surface area contributed by atoms with Gasteiger partial charge in [0.05, 0.1) is 0 Å². The summed E-state index contributed by atoms with van der Waals surface area (Å²) >= 11 is 0. The zero-order valence-corrected chi connectivity index (χ0v) is 17.1. The van der Waals surface area contributed by atoms with Crippen molar-refractivity contribution in [3.05, 3.63) is 41.5 Å². The molecule has 1 fully saturated rings. The van der Waals surface area contributed by atoms with Gasteiger partial charge in [-0.1, -0.05) is 6.07 Å². The third-order valence-corrected chi connectivity index (χ3v) is 5.94. The Kier molecular flexibility index (Phi) is 5.35. The van der Waals surface area contributed by atoms with Gasteiger partial charge in [-0.15, -0.1) is 10.2 Å². The Hall–Kier alpha value is -2.41. The molecule has 0 aliphatic carbocycles. The summed E-state index contributed by atoms with van der Waals surface area (Å²) in [7, 11) is 6.16. The number of rotatable bonds is 3. The normalized spacial score (nSPS) is 20.5. The molecule has 150 valence electrons. The molecule has 0 radical (unpaired) electrons. The molecule has 2 aliphatic rings. The molecule has 0 spiro atoms. The summed E-state index contributed by atoms with van der Waals surface area (Å²) in [6, 6.07) is 7.85.